The van der Waals surface area contributed by atoms with Crippen molar-refractivity contribution in [3.8, 4) is 0 Å². The third-order valence-electron chi connectivity index (χ3n) is 1.78. The molecule has 0 aliphatic heterocycles. The lowest BCUT2D eigenvalue weighted by atomic mass is 10.3. The van der Waals surface area contributed by atoms with Gasteiger partial charge in [-0.15, -0.1) is 0 Å². The molecule has 14 heavy (non-hydrogen) atoms. The van der Waals surface area contributed by atoms with Crippen molar-refractivity contribution in [3.63, 3.8) is 0 Å². The number of hydrogen-bond donors (Lipinski definition) is 2. The molecular weight excluding hydrogens is 242 g/mol. The molecule has 0 aromatic carbocycles. The van der Waals surface area contributed by atoms with E-state index in [1.54, 1.807) is 6.26 Å². The highest BCUT2D eigenvalue weighted by Gasteiger charge is 2.43. The van der Waals surface area contributed by atoms with Gasteiger partial charge < -0.3 is 10.0 Å². The third kappa shape index (κ3) is 2.74. The van der Waals surface area contributed by atoms with Crippen molar-refractivity contribution in [3.05, 3.63) is 0 Å². The average Bonchev–Trinajstić information content (AvgIpc) is 2.12. The van der Waals surface area contributed by atoms with Crippen LogP contribution < -0.4 is 0 Å². The fourth-order valence-electron chi connectivity index (χ4n) is 0.827. The van der Waals surface area contributed by atoms with Crippen molar-refractivity contribution < 1.29 is 14.7 Å². The molecule has 0 aromatic heterocycles. The molecule has 82 valence electrons. The zero-order valence-electron chi connectivity index (χ0n) is 8.18. The summed E-state index contributed by atoms with van der Waals surface area (Å²) < 4.78 is 0. The molecule has 0 radical (unpaired) electrons. The topological polar surface area (TPSA) is 57.6 Å². The lowest BCUT2D eigenvalue weighted by Gasteiger charge is -2.34. The van der Waals surface area contributed by atoms with Gasteiger partial charge in [0.05, 0.1) is 0 Å². The van der Waals surface area contributed by atoms with Gasteiger partial charge in [0.2, 0.25) is 10.8 Å². The van der Waals surface area contributed by atoms with Crippen LogP contribution in [0.3, 0.4) is 0 Å². The van der Waals surface area contributed by atoms with Crippen LogP contribution in [0.2, 0.25) is 0 Å². The summed E-state index contributed by atoms with van der Waals surface area (Å²) in [5.41, 5.74) is 0. The normalized spacial score (nSPS) is 14.6. The van der Waals surface area contributed by atoms with E-state index in [0.29, 0.717) is 0 Å². The number of likely N-dealkylation sites (N-methyl/N-ethyl adjacent to an activating group) is 1. The lowest BCUT2D eigenvalue weighted by molar-refractivity contribution is -0.149. The number of carboxylic acids is 1. The molecule has 1 atom stereocenters. The summed E-state index contributed by atoms with van der Waals surface area (Å²) >= 11 is 4.00. The Kier molecular flexibility index (Phi) is 5.77. The molecule has 0 fully saturated rings. The van der Waals surface area contributed by atoms with Crippen LogP contribution in [-0.4, -0.2) is 45.8 Å². The molecule has 0 aliphatic carbocycles. The second-order valence-electron chi connectivity index (χ2n) is 2.58. The Bertz CT molecular complexity index is 236. The number of aliphatic carboxylic acids is 1. The predicted molar refractivity (Wildman–Crippen MR) is 63.8 cm³/mol. The van der Waals surface area contributed by atoms with E-state index in [2.05, 4.69) is 12.6 Å². The third-order valence-corrected chi connectivity index (χ3v) is 4.82. The number of carbonyl (C=O) groups excluding carboxylic acids is 1. The predicted octanol–water partition coefficient (Wildman–Crippen LogP) is 1.19. The zero-order valence-corrected chi connectivity index (χ0v) is 10.7. The van der Waals surface area contributed by atoms with E-state index in [4.69, 9.17) is 5.11 Å². The number of thiol groups is 1. The number of amides is 1. The first-order chi connectivity index (χ1) is 6.42. The summed E-state index contributed by atoms with van der Waals surface area (Å²) in [4.78, 5) is 22.2. The molecule has 1 amide bonds. The van der Waals surface area contributed by atoms with Gasteiger partial charge >= 0.3 is 5.97 Å². The van der Waals surface area contributed by atoms with E-state index in [-0.39, 0.29) is 11.7 Å². The van der Waals surface area contributed by atoms with Crippen molar-refractivity contribution in [2.45, 2.75) is 11.8 Å². The fraction of sp³-hybridized carbons (Fsp3) is 0.714. The molecular formula is C7H13NO3S3. The monoisotopic (exact) mass is 255 g/mol. The molecule has 0 bridgehead atoms. The molecule has 4 nitrogen and oxygen atoms in total. The standard InChI is InChI=1S/C7H13NO3S3/c1-5(9)8(2)7(4-12,6(10)11)14-13-3/h12H,4H2,1-3H3,(H,10,11)/t7-/m1/s1. The minimum atomic E-state index is -1.28. The maximum Gasteiger partial charge on any atom is 0.342 e. The Hall–Kier alpha value is -0.0100. The molecule has 7 heteroatoms. The fourth-order valence-corrected chi connectivity index (χ4v) is 3.82. The van der Waals surface area contributed by atoms with Crippen LogP contribution >= 0.6 is 34.2 Å². The molecule has 0 aliphatic rings. The first kappa shape index (κ1) is 14.0. The van der Waals surface area contributed by atoms with Gasteiger partial charge in [0.15, 0.2) is 0 Å². The van der Waals surface area contributed by atoms with E-state index in [9.17, 15) is 9.59 Å². The van der Waals surface area contributed by atoms with E-state index in [1.807, 2.05) is 0 Å². The van der Waals surface area contributed by atoms with Crippen LogP contribution in [0.15, 0.2) is 0 Å². The second kappa shape index (κ2) is 5.77. The molecule has 0 heterocycles. The van der Waals surface area contributed by atoms with E-state index < -0.39 is 10.8 Å². The van der Waals surface area contributed by atoms with Gasteiger partial charge in [-0.2, -0.15) is 12.6 Å². The summed E-state index contributed by atoms with van der Waals surface area (Å²) in [5, 5.41) is 9.10. The minimum Gasteiger partial charge on any atom is -0.479 e. The molecule has 0 saturated carbocycles. The lowest BCUT2D eigenvalue weighted by Crippen LogP contribution is -2.53. The Morgan fingerprint density at radius 2 is 2.07 bits per heavy atom. The molecule has 1 N–H and O–H groups in total. The first-order valence-electron chi connectivity index (χ1n) is 3.73. The van der Waals surface area contributed by atoms with Gasteiger partial charge in [0.1, 0.15) is 0 Å². The highest BCUT2D eigenvalue weighted by atomic mass is 33.1. The number of nitrogens with zero attached hydrogens (tertiary/aromatic N) is 1. The van der Waals surface area contributed by atoms with Crippen LogP contribution in [0.4, 0.5) is 0 Å². The number of rotatable bonds is 5. The SMILES string of the molecule is CSS[C@](CS)(C(=O)O)N(C)C(C)=O. The summed E-state index contributed by atoms with van der Waals surface area (Å²) in [6.45, 7) is 1.34. The highest BCUT2D eigenvalue weighted by Crippen LogP contribution is 2.37. The molecule has 0 aromatic rings. The maximum absolute atomic E-state index is 11.1. The van der Waals surface area contributed by atoms with Gasteiger partial charge in [-0.1, -0.05) is 21.6 Å². The van der Waals surface area contributed by atoms with Crippen molar-refractivity contribution in [2.75, 3.05) is 19.1 Å². The van der Waals surface area contributed by atoms with Gasteiger partial charge in [0, 0.05) is 19.7 Å². The van der Waals surface area contributed by atoms with Crippen molar-refractivity contribution >= 4 is 46.1 Å². The van der Waals surface area contributed by atoms with Crippen LogP contribution in [-0.2, 0) is 9.59 Å². The summed E-state index contributed by atoms with van der Waals surface area (Å²) in [5.74, 6) is -1.27. The molecule has 0 rings (SSSR count). The summed E-state index contributed by atoms with van der Waals surface area (Å²) in [6.07, 6.45) is 1.76. The van der Waals surface area contributed by atoms with Crippen LogP contribution in [0.1, 0.15) is 6.92 Å². The van der Waals surface area contributed by atoms with Crippen LogP contribution in [0.5, 0.6) is 0 Å². The largest absolute Gasteiger partial charge is 0.479 e. The van der Waals surface area contributed by atoms with Crippen molar-refractivity contribution in [2.24, 2.45) is 0 Å². The Morgan fingerprint density at radius 1 is 1.57 bits per heavy atom. The van der Waals surface area contributed by atoms with Gasteiger partial charge in [0.25, 0.3) is 0 Å². The maximum atomic E-state index is 11.1. The molecule has 0 spiro atoms. The van der Waals surface area contributed by atoms with Crippen molar-refractivity contribution in [1.29, 1.82) is 0 Å². The average molecular weight is 255 g/mol. The van der Waals surface area contributed by atoms with E-state index in [0.717, 1.165) is 10.8 Å². The quantitative estimate of drug-likeness (QED) is 0.439. The second-order valence-corrected chi connectivity index (χ2v) is 5.57. The molecule has 0 unspecified atom stereocenters. The Morgan fingerprint density at radius 3 is 2.29 bits per heavy atom. The van der Waals surface area contributed by atoms with Crippen LogP contribution in [0.25, 0.3) is 0 Å². The van der Waals surface area contributed by atoms with Gasteiger partial charge in [-0.25, -0.2) is 4.79 Å². The highest BCUT2D eigenvalue weighted by molar-refractivity contribution is 8.77. The first-order valence-corrected chi connectivity index (χ1v) is 6.92. The number of carbonyl (C=O) groups is 2. The van der Waals surface area contributed by atoms with Gasteiger partial charge in [-0.05, 0) is 6.26 Å². The molecule has 0 saturated heterocycles. The minimum absolute atomic E-state index is 0.0733. The zero-order chi connectivity index (χ0) is 11.4. The van der Waals surface area contributed by atoms with E-state index >= 15 is 0 Å². The summed E-state index contributed by atoms with van der Waals surface area (Å²) in [6, 6.07) is 0. The number of hydrogen-bond acceptors (Lipinski definition) is 5. The Labute approximate surface area is 96.6 Å². The van der Waals surface area contributed by atoms with Crippen molar-refractivity contribution in [1.82, 2.24) is 4.90 Å². The van der Waals surface area contributed by atoms with E-state index in [1.165, 1.54) is 29.7 Å². The number of carboxylic acid groups (broad SMARTS) is 1. The summed E-state index contributed by atoms with van der Waals surface area (Å²) in [7, 11) is 3.88. The van der Waals surface area contributed by atoms with Gasteiger partial charge in [-0.3, -0.25) is 4.79 Å². The smallest absolute Gasteiger partial charge is 0.342 e. The Balaban J connectivity index is 5.02. The van der Waals surface area contributed by atoms with Crippen LogP contribution in [0, 0.1) is 0 Å².